The molecule has 1 fully saturated rings. The van der Waals surface area contributed by atoms with Crippen LogP contribution in [-0.4, -0.2) is 30.6 Å². The Balaban J connectivity index is 1.91. The monoisotopic (exact) mass is 350 g/mol. The lowest BCUT2D eigenvalue weighted by Crippen LogP contribution is -2.39. The molecular formula is C17H22N2O4S. The molecule has 1 aliphatic carbocycles. The number of para-hydroxylation sites is 1. The predicted molar refractivity (Wildman–Crippen MR) is 91.3 cm³/mol. The summed E-state index contributed by atoms with van der Waals surface area (Å²) in [5, 5.41) is 10.0. The molecule has 6 nitrogen and oxygen atoms in total. The molecule has 7 heteroatoms. The number of aryl methyl sites for hydroxylation is 1. The number of fused-ring (bicyclic) bond motifs is 1. The molecule has 1 aliphatic rings. The Morgan fingerprint density at radius 2 is 2.04 bits per heavy atom. The molecule has 1 aromatic carbocycles. The number of aliphatic carboxylic acids is 1. The third-order valence-corrected chi connectivity index (χ3v) is 6.74. The normalized spacial score (nSPS) is 16.9. The van der Waals surface area contributed by atoms with E-state index in [0.717, 1.165) is 24.8 Å². The van der Waals surface area contributed by atoms with Crippen molar-refractivity contribution in [2.75, 3.05) is 6.54 Å². The lowest BCUT2D eigenvalue weighted by Gasteiger charge is -2.31. The average molecular weight is 350 g/mol. The number of hydrogen-bond acceptors (Lipinski definition) is 3. The topological polar surface area (TPSA) is 88.4 Å². The number of nitrogens with zero attached hydrogens (tertiary/aromatic N) is 1. The van der Waals surface area contributed by atoms with Crippen molar-refractivity contribution >= 4 is 26.9 Å². The van der Waals surface area contributed by atoms with E-state index >= 15 is 0 Å². The van der Waals surface area contributed by atoms with Gasteiger partial charge < -0.3 is 9.67 Å². The molecule has 0 saturated heterocycles. The maximum absolute atomic E-state index is 12.8. The van der Waals surface area contributed by atoms with Crippen LogP contribution in [0, 0.1) is 18.8 Å². The third-order valence-electron chi connectivity index (χ3n) is 5.14. The highest BCUT2D eigenvalue weighted by Gasteiger charge is 2.34. The van der Waals surface area contributed by atoms with Crippen LogP contribution in [0.2, 0.25) is 0 Å². The molecule has 1 saturated carbocycles. The smallest absolute Gasteiger partial charge is 0.308 e. The van der Waals surface area contributed by atoms with Crippen LogP contribution in [0.3, 0.4) is 0 Å². The first-order valence-electron chi connectivity index (χ1n) is 8.09. The number of carboxylic acids is 1. The average Bonchev–Trinajstić information content (AvgIpc) is 2.74. The summed E-state index contributed by atoms with van der Waals surface area (Å²) in [4.78, 5) is 11.7. The maximum atomic E-state index is 12.8. The zero-order valence-corrected chi connectivity index (χ0v) is 14.6. The van der Waals surface area contributed by atoms with Gasteiger partial charge in [0.15, 0.2) is 0 Å². The van der Waals surface area contributed by atoms with Crippen molar-refractivity contribution in [3.05, 3.63) is 30.0 Å². The van der Waals surface area contributed by atoms with E-state index in [0.29, 0.717) is 11.1 Å². The molecule has 2 aromatic rings. The molecule has 1 heterocycles. The number of benzene rings is 1. The molecule has 1 atom stereocenters. The van der Waals surface area contributed by atoms with Crippen molar-refractivity contribution in [3.63, 3.8) is 0 Å². The fourth-order valence-corrected chi connectivity index (χ4v) is 4.93. The molecule has 1 unspecified atom stereocenters. The minimum Gasteiger partial charge on any atom is -0.481 e. The summed E-state index contributed by atoms with van der Waals surface area (Å²) in [7, 11) is -1.95. The number of aromatic nitrogens is 1. The fraction of sp³-hybridized carbons (Fsp3) is 0.471. The van der Waals surface area contributed by atoms with Crippen LogP contribution < -0.4 is 4.72 Å². The van der Waals surface area contributed by atoms with E-state index in [-0.39, 0.29) is 17.4 Å². The van der Waals surface area contributed by atoms with E-state index in [1.807, 2.05) is 23.7 Å². The highest BCUT2D eigenvalue weighted by atomic mass is 32.2. The van der Waals surface area contributed by atoms with E-state index in [1.54, 1.807) is 19.1 Å². The van der Waals surface area contributed by atoms with E-state index in [4.69, 9.17) is 0 Å². The second-order valence-corrected chi connectivity index (χ2v) is 8.18. The summed E-state index contributed by atoms with van der Waals surface area (Å²) < 4.78 is 30.0. The van der Waals surface area contributed by atoms with Gasteiger partial charge in [0, 0.05) is 30.2 Å². The molecule has 2 N–H and O–H groups in total. The molecule has 3 rings (SSSR count). The second kappa shape index (κ2) is 6.22. The summed E-state index contributed by atoms with van der Waals surface area (Å²) in [6.07, 6.45) is 2.72. The Hall–Kier alpha value is -1.86. The number of rotatable bonds is 6. The van der Waals surface area contributed by atoms with Crippen molar-refractivity contribution < 1.29 is 18.3 Å². The highest BCUT2D eigenvalue weighted by Crippen LogP contribution is 2.34. The van der Waals surface area contributed by atoms with Gasteiger partial charge in [0.1, 0.15) is 4.90 Å². The standard InChI is InChI=1S/C17H22N2O4S/c1-11-16(13-8-3-4-9-15(13)19(11)2)24(22,23)18-10-14(17(20)21)12-6-5-7-12/h3-4,8-9,12,14,18H,5-7,10H2,1-2H3,(H,20,21). The van der Waals surface area contributed by atoms with Crippen LogP contribution in [0.5, 0.6) is 0 Å². The van der Waals surface area contributed by atoms with E-state index in [1.165, 1.54) is 0 Å². The van der Waals surface area contributed by atoms with Crippen molar-refractivity contribution in [2.45, 2.75) is 31.1 Å². The summed E-state index contributed by atoms with van der Waals surface area (Å²) >= 11 is 0. The largest absolute Gasteiger partial charge is 0.481 e. The van der Waals surface area contributed by atoms with E-state index < -0.39 is 21.9 Å². The minimum absolute atomic E-state index is 0.0645. The van der Waals surface area contributed by atoms with Gasteiger partial charge in [-0.05, 0) is 31.7 Å². The van der Waals surface area contributed by atoms with Crippen LogP contribution in [0.1, 0.15) is 25.0 Å². The quantitative estimate of drug-likeness (QED) is 0.836. The molecule has 24 heavy (non-hydrogen) atoms. The van der Waals surface area contributed by atoms with E-state index in [2.05, 4.69) is 4.72 Å². The lowest BCUT2D eigenvalue weighted by atomic mass is 9.76. The first-order chi connectivity index (χ1) is 11.3. The van der Waals surface area contributed by atoms with Crippen molar-refractivity contribution in [2.24, 2.45) is 18.9 Å². The summed E-state index contributed by atoms with van der Waals surface area (Å²) in [5.41, 5.74) is 1.48. The fourth-order valence-electron chi connectivity index (χ4n) is 3.39. The van der Waals surface area contributed by atoms with E-state index in [9.17, 15) is 18.3 Å². The van der Waals surface area contributed by atoms with Crippen LogP contribution >= 0.6 is 0 Å². The Morgan fingerprint density at radius 3 is 2.62 bits per heavy atom. The van der Waals surface area contributed by atoms with Crippen molar-refractivity contribution in [1.29, 1.82) is 0 Å². The van der Waals surface area contributed by atoms with Crippen LogP contribution in [0.4, 0.5) is 0 Å². The van der Waals surface area contributed by atoms with Gasteiger partial charge >= 0.3 is 5.97 Å². The molecule has 1 aromatic heterocycles. The van der Waals surface area contributed by atoms with Gasteiger partial charge in [0.05, 0.1) is 5.92 Å². The second-order valence-electron chi connectivity index (χ2n) is 6.48. The molecule has 0 aliphatic heterocycles. The van der Waals surface area contributed by atoms with Gasteiger partial charge in [-0.1, -0.05) is 24.6 Å². The Labute approximate surface area is 141 Å². The Kier molecular flexibility index (Phi) is 4.40. The first-order valence-corrected chi connectivity index (χ1v) is 9.57. The molecule has 130 valence electrons. The summed E-state index contributed by atoms with van der Waals surface area (Å²) in [6.45, 7) is 1.69. The summed E-state index contributed by atoms with van der Waals surface area (Å²) in [6, 6.07) is 7.31. The summed E-state index contributed by atoms with van der Waals surface area (Å²) in [5.74, 6) is -1.53. The lowest BCUT2D eigenvalue weighted by molar-refractivity contribution is -0.144. The van der Waals surface area contributed by atoms with Gasteiger partial charge in [-0.2, -0.15) is 0 Å². The van der Waals surface area contributed by atoms with Gasteiger partial charge in [0.25, 0.3) is 0 Å². The molecular weight excluding hydrogens is 328 g/mol. The highest BCUT2D eigenvalue weighted by molar-refractivity contribution is 7.89. The number of carboxylic acid groups (broad SMARTS) is 1. The Bertz CT molecular complexity index is 881. The number of carbonyl (C=O) groups is 1. The number of sulfonamides is 1. The SMILES string of the molecule is Cc1c(S(=O)(=O)NCC(C(=O)O)C2CCC2)c2ccccc2n1C. The van der Waals surface area contributed by atoms with Crippen LogP contribution in [0.25, 0.3) is 10.9 Å². The predicted octanol–water partition coefficient (Wildman–Crippen LogP) is 2.27. The molecule has 0 spiro atoms. The maximum Gasteiger partial charge on any atom is 0.308 e. The van der Waals surface area contributed by atoms with Crippen LogP contribution in [-0.2, 0) is 21.9 Å². The van der Waals surface area contributed by atoms with Crippen molar-refractivity contribution in [3.8, 4) is 0 Å². The first kappa shape index (κ1) is 17.0. The molecule has 0 bridgehead atoms. The number of nitrogens with one attached hydrogen (secondary N) is 1. The van der Waals surface area contributed by atoms with Gasteiger partial charge in [-0.3, -0.25) is 4.79 Å². The molecule has 0 radical (unpaired) electrons. The third kappa shape index (κ3) is 2.82. The number of hydrogen-bond donors (Lipinski definition) is 2. The minimum atomic E-state index is -3.78. The van der Waals surface area contributed by atoms with Gasteiger partial charge in [-0.15, -0.1) is 0 Å². The zero-order valence-electron chi connectivity index (χ0n) is 13.8. The molecule has 0 amide bonds. The van der Waals surface area contributed by atoms with Gasteiger partial charge in [0.2, 0.25) is 10.0 Å². The van der Waals surface area contributed by atoms with Crippen LogP contribution in [0.15, 0.2) is 29.2 Å². The zero-order chi connectivity index (χ0) is 17.5. The van der Waals surface area contributed by atoms with Gasteiger partial charge in [-0.25, -0.2) is 13.1 Å². The Morgan fingerprint density at radius 1 is 1.38 bits per heavy atom. The van der Waals surface area contributed by atoms with Crippen molar-refractivity contribution in [1.82, 2.24) is 9.29 Å².